The fourth-order valence-corrected chi connectivity index (χ4v) is 7.15. The van der Waals surface area contributed by atoms with Crippen LogP contribution in [0.15, 0.2) is 39.3 Å². The number of nitrogens with zero attached hydrogens (tertiary/aromatic N) is 3. The summed E-state index contributed by atoms with van der Waals surface area (Å²) in [4.78, 5) is 27.4. The van der Waals surface area contributed by atoms with E-state index in [9.17, 15) is 18.0 Å². The second kappa shape index (κ2) is 7.92. The minimum absolute atomic E-state index is 0.00584. The minimum Gasteiger partial charge on any atom is -0.335 e. The molecule has 160 valence electrons. The van der Waals surface area contributed by atoms with E-state index in [0.717, 1.165) is 22.4 Å². The van der Waals surface area contributed by atoms with Crippen LogP contribution in [-0.4, -0.2) is 54.3 Å². The van der Waals surface area contributed by atoms with Gasteiger partial charge in [-0.25, -0.2) is 8.42 Å². The fraction of sp³-hybridized carbons (Fsp3) is 0.400. The zero-order chi connectivity index (χ0) is 21.6. The number of thiophene rings is 1. The number of aryl methyl sites for hydroxylation is 1. The van der Waals surface area contributed by atoms with Crippen molar-refractivity contribution in [2.24, 2.45) is 0 Å². The zero-order valence-corrected chi connectivity index (χ0v) is 19.4. The molecule has 0 aliphatic carbocycles. The molecule has 1 fully saturated rings. The van der Waals surface area contributed by atoms with Crippen molar-refractivity contribution in [3.05, 3.63) is 49.8 Å². The second-order valence-electron chi connectivity index (χ2n) is 7.59. The lowest BCUT2D eigenvalue weighted by atomic mass is 10.2. The van der Waals surface area contributed by atoms with Gasteiger partial charge in [0, 0.05) is 32.2 Å². The van der Waals surface area contributed by atoms with E-state index in [-0.39, 0.29) is 34.8 Å². The third-order valence-electron chi connectivity index (χ3n) is 5.32. The molecule has 1 amide bonds. The van der Waals surface area contributed by atoms with Crippen molar-refractivity contribution in [2.45, 2.75) is 31.7 Å². The number of sulfonamides is 1. The lowest BCUT2D eigenvalue weighted by Gasteiger charge is -2.34. The van der Waals surface area contributed by atoms with Gasteiger partial charge in [0.05, 0.1) is 20.0 Å². The smallest absolute Gasteiger partial charge is 0.308 e. The Labute approximate surface area is 183 Å². The monoisotopic (exact) mass is 465 g/mol. The number of fused-ring (bicyclic) bond motifs is 1. The zero-order valence-electron chi connectivity index (χ0n) is 17.0. The third kappa shape index (κ3) is 3.62. The summed E-state index contributed by atoms with van der Waals surface area (Å²) < 4.78 is 30.1. The number of hydrogen-bond donors (Lipinski definition) is 0. The van der Waals surface area contributed by atoms with Crippen LogP contribution < -0.4 is 4.87 Å². The van der Waals surface area contributed by atoms with E-state index in [1.807, 2.05) is 32.2 Å². The van der Waals surface area contributed by atoms with Crippen molar-refractivity contribution in [1.82, 2.24) is 13.8 Å². The minimum atomic E-state index is -3.70. The number of piperazine rings is 1. The molecule has 0 saturated carbocycles. The molecule has 4 rings (SSSR count). The van der Waals surface area contributed by atoms with E-state index >= 15 is 0 Å². The van der Waals surface area contributed by atoms with Crippen molar-refractivity contribution in [3.8, 4) is 0 Å². The van der Waals surface area contributed by atoms with Crippen LogP contribution in [0.4, 0.5) is 0 Å². The highest BCUT2D eigenvalue weighted by Crippen LogP contribution is 2.27. The van der Waals surface area contributed by atoms with Crippen molar-refractivity contribution in [1.29, 1.82) is 0 Å². The molecule has 0 spiro atoms. The van der Waals surface area contributed by atoms with E-state index in [1.165, 1.54) is 15.6 Å². The highest BCUT2D eigenvalue weighted by atomic mass is 32.2. The number of aromatic nitrogens is 1. The van der Waals surface area contributed by atoms with Crippen molar-refractivity contribution in [2.75, 3.05) is 26.2 Å². The Morgan fingerprint density at radius 2 is 1.80 bits per heavy atom. The Morgan fingerprint density at radius 3 is 2.40 bits per heavy atom. The topological polar surface area (TPSA) is 79.7 Å². The number of benzene rings is 1. The number of carbonyl (C=O) groups is 1. The summed E-state index contributed by atoms with van der Waals surface area (Å²) in [5.74, 6) is -0.0410. The normalized spacial score (nSPS) is 15.9. The van der Waals surface area contributed by atoms with Gasteiger partial charge in [-0.3, -0.25) is 14.2 Å². The second-order valence-corrected chi connectivity index (χ2v) is 11.4. The molecule has 0 radical (unpaired) electrons. The third-order valence-corrected chi connectivity index (χ3v) is 9.14. The van der Waals surface area contributed by atoms with Gasteiger partial charge in [-0.1, -0.05) is 11.3 Å². The summed E-state index contributed by atoms with van der Waals surface area (Å²) in [7, 11) is -3.70. The van der Waals surface area contributed by atoms with Gasteiger partial charge in [0.2, 0.25) is 10.0 Å². The maximum absolute atomic E-state index is 13.2. The molecule has 3 aromatic rings. The molecule has 2 aromatic heterocycles. The van der Waals surface area contributed by atoms with Crippen LogP contribution in [0.3, 0.4) is 0 Å². The molecule has 1 saturated heterocycles. The average molecular weight is 466 g/mol. The van der Waals surface area contributed by atoms with Gasteiger partial charge >= 0.3 is 4.87 Å². The first-order valence-electron chi connectivity index (χ1n) is 9.69. The van der Waals surface area contributed by atoms with Crippen LogP contribution in [0.2, 0.25) is 0 Å². The predicted molar refractivity (Wildman–Crippen MR) is 120 cm³/mol. The fourth-order valence-electron chi connectivity index (χ4n) is 3.68. The molecule has 1 aliphatic rings. The maximum atomic E-state index is 13.2. The van der Waals surface area contributed by atoms with Gasteiger partial charge in [0.15, 0.2) is 0 Å². The Kier molecular flexibility index (Phi) is 5.60. The summed E-state index contributed by atoms with van der Waals surface area (Å²) in [6.07, 6.45) is 0. The first kappa shape index (κ1) is 21.2. The molecule has 3 heterocycles. The molecule has 7 nitrogen and oxygen atoms in total. The lowest BCUT2D eigenvalue weighted by molar-refractivity contribution is 0.0702. The van der Waals surface area contributed by atoms with E-state index in [4.69, 9.17) is 0 Å². The molecule has 1 aliphatic heterocycles. The van der Waals surface area contributed by atoms with Crippen molar-refractivity contribution >= 4 is 48.8 Å². The largest absolute Gasteiger partial charge is 0.335 e. The summed E-state index contributed by atoms with van der Waals surface area (Å²) in [5.41, 5.74) is 1.70. The predicted octanol–water partition coefficient (Wildman–Crippen LogP) is 3.16. The van der Waals surface area contributed by atoms with Gasteiger partial charge < -0.3 is 4.90 Å². The van der Waals surface area contributed by atoms with Gasteiger partial charge in [-0.2, -0.15) is 4.31 Å². The Bertz CT molecular complexity index is 1260. The standard InChI is InChI=1S/C20H23N3O4S3/c1-13(2)23-16-5-4-15(12-17(16)29-20(23)25)30(26,27)22-9-7-21(8-10-22)19(24)18-14(3)6-11-28-18/h4-6,11-13H,7-10H2,1-3H3. The van der Waals surface area contributed by atoms with E-state index < -0.39 is 10.0 Å². The van der Waals surface area contributed by atoms with Crippen LogP contribution in [-0.2, 0) is 10.0 Å². The van der Waals surface area contributed by atoms with E-state index in [2.05, 4.69) is 0 Å². The van der Waals surface area contributed by atoms with Crippen molar-refractivity contribution in [3.63, 3.8) is 0 Å². The molecule has 0 atom stereocenters. The summed E-state index contributed by atoms with van der Waals surface area (Å²) in [6, 6.07) is 6.78. The van der Waals surface area contributed by atoms with E-state index in [0.29, 0.717) is 22.7 Å². The highest BCUT2D eigenvalue weighted by molar-refractivity contribution is 7.89. The number of thiazole rings is 1. The number of rotatable bonds is 4. The van der Waals surface area contributed by atoms with Crippen LogP contribution in [0.1, 0.15) is 35.1 Å². The molecular weight excluding hydrogens is 442 g/mol. The first-order valence-corrected chi connectivity index (χ1v) is 12.8. The molecule has 0 unspecified atom stereocenters. The van der Waals surface area contributed by atoms with Crippen LogP contribution in [0.5, 0.6) is 0 Å². The molecule has 10 heteroatoms. The van der Waals surface area contributed by atoms with E-state index in [1.54, 1.807) is 27.7 Å². The summed E-state index contributed by atoms with van der Waals surface area (Å²) >= 11 is 2.47. The molecule has 0 bridgehead atoms. The summed E-state index contributed by atoms with van der Waals surface area (Å²) in [5, 5.41) is 1.89. The Balaban J connectivity index is 1.54. The number of carbonyl (C=O) groups excluding carboxylic acids is 1. The van der Waals surface area contributed by atoms with Gasteiger partial charge in [0.25, 0.3) is 5.91 Å². The van der Waals surface area contributed by atoms with Gasteiger partial charge in [-0.05, 0) is 56.0 Å². The average Bonchev–Trinajstić information content (AvgIpc) is 3.28. The van der Waals surface area contributed by atoms with Gasteiger partial charge in [0.1, 0.15) is 0 Å². The SMILES string of the molecule is Cc1ccsc1C(=O)N1CCN(S(=O)(=O)c2ccc3c(c2)sc(=O)n3C(C)C)CC1. The molecule has 30 heavy (non-hydrogen) atoms. The maximum Gasteiger partial charge on any atom is 0.308 e. The van der Waals surface area contributed by atoms with Crippen molar-refractivity contribution < 1.29 is 13.2 Å². The van der Waals surface area contributed by atoms with Crippen LogP contribution in [0.25, 0.3) is 10.2 Å². The Hall–Kier alpha value is -2.01. The van der Waals surface area contributed by atoms with Crippen LogP contribution >= 0.6 is 22.7 Å². The molecule has 0 N–H and O–H groups in total. The molecule has 1 aromatic carbocycles. The molecular formula is C20H23N3O4S3. The quantitative estimate of drug-likeness (QED) is 0.593. The van der Waals surface area contributed by atoms with Crippen LogP contribution in [0, 0.1) is 6.92 Å². The number of amides is 1. The highest BCUT2D eigenvalue weighted by Gasteiger charge is 2.31. The number of hydrogen-bond acceptors (Lipinski definition) is 6. The van der Waals surface area contributed by atoms with Gasteiger partial charge in [-0.15, -0.1) is 11.3 Å². The lowest BCUT2D eigenvalue weighted by Crippen LogP contribution is -2.50. The summed E-state index contributed by atoms with van der Waals surface area (Å²) in [6.45, 7) is 6.97. The Morgan fingerprint density at radius 1 is 1.10 bits per heavy atom. The first-order chi connectivity index (χ1) is 14.2.